The first-order chi connectivity index (χ1) is 9.38. The van der Waals surface area contributed by atoms with Crippen molar-refractivity contribution < 1.29 is 14.2 Å². The van der Waals surface area contributed by atoms with Gasteiger partial charge in [0.1, 0.15) is 12.4 Å². The molecular formula is C15H23NO3. The fourth-order valence-electron chi connectivity index (χ4n) is 2.12. The summed E-state index contributed by atoms with van der Waals surface area (Å²) in [6.45, 7) is 3.63. The van der Waals surface area contributed by atoms with Crippen molar-refractivity contribution >= 4 is 0 Å². The highest BCUT2D eigenvalue weighted by Crippen LogP contribution is 2.13. The molecule has 1 N–H and O–H groups in total. The lowest BCUT2D eigenvalue weighted by Gasteiger charge is -2.11. The lowest BCUT2D eigenvalue weighted by molar-refractivity contribution is 0.00853. The molecule has 0 aromatic heterocycles. The molecule has 0 spiro atoms. The Labute approximate surface area is 115 Å². The summed E-state index contributed by atoms with van der Waals surface area (Å²) >= 11 is 0. The molecule has 1 aliphatic heterocycles. The van der Waals surface area contributed by atoms with Gasteiger partial charge in [0.2, 0.25) is 0 Å². The van der Waals surface area contributed by atoms with Crippen LogP contribution in [0.25, 0.3) is 0 Å². The van der Waals surface area contributed by atoms with Crippen LogP contribution in [0.2, 0.25) is 0 Å². The molecule has 1 aliphatic rings. The SMILES string of the molecule is CNCc1ccc(OCCOCC2CCCO2)cc1. The zero-order valence-electron chi connectivity index (χ0n) is 11.6. The van der Waals surface area contributed by atoms with Crippen LogP contribution in [0.15, 0.2) is 24.3 Å². The summed E-state index contributed by atoms with van der Waals surface area (Å²) in [5, 5.41) is 3.12. The maximum absolute atomic E-state index is 5.62. The van der Waals surface area contributed by atoms with Gasteiger partial charge in [-0.15, -0.1) is 0 Å². The van der Waals surface area contributed by atoms with Crippen LogP contribution in [0.5, 0.6) is 5.75 Å². The first kappa shape index (κ1) is 14.3. The molecule has 1 saturated heterocycles. The Kier molecular flexibility index (Phi) is 6.14. The first-order valence-corrected chi connectivity index (χ1v) is 6.94. The maximum atomic E-state index is 5.62. The van der Waals surface area contributed by atoms with E-state index in [1.54, 1.807) is 0 Å². The largest absolute Gasteiger partial charge is 0.491 e. The smallest absolute Gasteiger partial charge is 0.119 e. The molecule has 4 nitrogen and oxygen atoms in total. The van der Waals surface area contributed by atoms with Crippen LogP contribution in [-0.4, -0.2) is 39.6 Å². The van der Waals surface area contributed by atoms with Crippen LogP contribution < -0.4 is 10.1 Å². The second-order valence-corrected chi connectivity index (χ2v) is 4.73. The Morgan fingerprint density at radius 1 is 1.26 bits per heavy atom. The van der Waals surface area contributed by atoms with Crippen molar-refractivity contribution in [1.29, 1.82) is 0 Å². The third kappa shape index (κ3) is 5.19. The summed E-state index contributed by atoms with van der Waals surface area (Å²) in [7, 11) is 1.94. The summed E-state index contributed by atoms with van der Waals surface area (Å²) in [6.07, 6.45) is 2.57. The lowest BCUT2D eigenvalue weighted by Crippen LogP contribution is -2.17. The zero-order chi connectivity index (χ0) is 13.3. The second-order valence-electron chi connectivity index (χ2n) is 4.73. The molecule has 19 heavy (non-hydrogen) atoms. The van der Waals surface area contributed by atoms with E-state index in [-0.39, 0.29) is 0 Å². The molecule has 1 atom stereocenters. The van der Waals surface area contributed by atoms with Gasteiger partial charge in [-0.05, 0) is 37.6 Å². The highest BCUT2D eigenvalue weighted by molar-refractivity contribution is 5.27. The van der Waals surface area contributed by atoms with Crippen molar-refractivity contribution in [3.05, 3.63) is 29.8 Å². The Morgan fingerprint density at radius 3 is 2.79 bits per heavy atom. The zero-order valence-corrected chi connectivity index (χ0v) is 11.6. The van der Waals surface area contributed by atoms with E-state index >= 15 is 0 Å². The molecule has 4 heteroatoms. The molecule has 0 aliphatic carbocycles. The predicted octanol–water partition coefficient (Wildman–Crippen LogP) is 1.98. The third-order valence-corrected chi connectivity index (χ3v) is 3.13. The summed E-state index contributed by atoms with van der Waals surface area (Å²) in [6, 6.07) is 8.12. The maximum Gasteiger partial charge on any atom is 0.119 e. The number of rotatable bonds is 8. The molecule has 1 heterocycles. The van der Waals surface area contributed by atoms with Gasteiger partial charge in [0.25, 0.3) is 0 Å². The van der Waals surface area contributed by atoms with Gasteiger partial charge in [-0.3, -0.25) is 0 Å². The molecular weight excluding hydrogens is 242 g/mol. The molecule has 2 rings (SSSR count). The average Bonchev–Trinajstić information content (AvgIpc) is 2.94. The highest BCUT2D eigenvalue weighted by atomic mass is 16.5. The van der Waals surface area contributed by atoms with Crippen molar-refractivity contribution in [2.75, 3.05) is 33.5 Å². The van der Waals surface area contributed by atoms with E-state index in [2.05, 4.69) is 17.4 Å². The standard InChI is InChI=1S/C15H23NO3/c1-16-11-13-4-6-14(7-5-13)19-10-9-17-12-15-3-2-8-18-15/h4-7,15-16H,2-3,8-12H2,1H3. The first-order valence-electron chi connectivity index (χ1n) is 6.94. The fourth-order valence-corrected chi connectivity index (χ4v) is 2.12. The molecule has 0 amide bonds. The van der Waals surface area contributed by atoms with Gasteiger partial charge in [0, 0.05) is 13.2 Å². The molecule has 106 valence electrons. The number of nitrogens with one attached hydrogen (secondary N) is 1. The monoisotopic (exact) mass is 265 g/mol. The quantitative estimate of drug-likeness (QED) is 0.730. The summed E-state index contributed by atoms with van der Waals surface area (Å²) in [4.78, 5) is 0. The minimum Gasteiger partial charge on any atom is -0.491 e. The number of hydrogen-bond acceptors (Lipinski definition) is 4. The number of ether oxygens (including phenoxy) is 3. The van der Waals surface area contributed by atoms with Crippen molar-refractivity contribution in [3.63, 3.8) is 0 Å². The van der Waals surface area contributed by atoms with Crippen LogP contribution in [0, 0.1) is 0 Å². The van der Waals surface area contributed by atoms with E-state index in [1.807, 2.05) is 19.2 Å². The van der Waals surface area contributed by atoms with Gasteiger partial charge in [-0.1, -0.05) is 12.1 Å². The van der Waals surface area contributed by atoms with Gasteiger partial charge >= 0.3 is 0 Å². The molecule has 0 radical (unpaired) electrons. The van der Waals surface area contributed by atoms with E-state index in [0.717, 1.165) is 31.7 Å². The van der Waals surface area contributed by atoms with E-state index < -0.39 is 0 Å². The van der Waals surface area contributed by atoms with E-state index in [4.69, 9.17) is 14.2 Å². The van der Waals surface area contributed by atoms with Crippen LogP contribution in [-0.2, 0) is 16.0 Å². The minimum absolute atomic E-state index is 0.292. The van der Waals surface area contributed by atoms with E-state index in [9.17, 15) is 0 Å². The van der Waals surface area contributed by atoms with Gasteiger partial charge in [0.05, 0.1) is 19.3 Å². The topological polar surface area (TPSA) is 39.7 Å². The Balaban J connectivity index is 1.57. The summed E-state index contributed by atoms with van der Waals surface area (Å²) in [5.74, 6) is 0.889. The highest BCUT2D eigenvalue weighted by Gasteiger charge is 2.14. The van der Waals surface area contributed by atoms with Gasteiger partial charge in [-0.25, -0.2) is 0 Å². The Hall–Kier alpha value is -1.10. The van der Waals surface area contributed by atoms with Gasteiger partial charge in [-0.2, -0.15) is 0 Å². The minimum atomic E-state index is 0.292. The fraction of sp³-hybridized carbons (Fsp3) is 0.600. The molecule has 1 aromatic carbocycles. The number of hydrogen-bond donors (Lipinski definition) is 1. The number of benzene rings is 1. The second kappa shape index (κ2) is 8.15. The molecule has 0 saturated carbocycles. The van der Waals surface area contributed by atoms with Crippen molar-refractivity contribution in [1.82, 2.24) is 5.32 Å². The Bertz CT molecular complexity index is 347. The van der Waals surface area contributed by atoms with E-state index in [1.165, 1.54) is 5.56 Å². The third-order valence-electron chi connectivity index (χ3n) is 3.13. The molecule has 1 fully saturated rings. The van der Waals surface area contributed by atoms with Crippen LogP contribution >= 0.6 is 0 Å². The van der Waals surface area contributed by atoms with Crippen LogP contribution in [0.1, 0.15) is 18.4 Å². The van der Waals surface area contributed by atoms with Crippen molar-refractivity contribution in [3.8, 4) is 5.75 Å². The van der Waals surface area contributed by atoms with Gasteiger partial charge in [0.15, 0.2) is 0 Å². The predicted molar refractivity (Wildman–Crippen MR) is 74.5 cm³/mol. The summed E-state index contributed by atoms with van der Waals surface area (Å²) < 4.78 is 16.6. The molecule has 0 bridgehead atoms. The summed E-state index contributed by atoms with van der Waals surface area (Å²) in [5.41, 5.74) is 1.25. The Morgan fingerprint density at radius 2 is 2.11 bits per heavy atom. The van der Waals surface area contributed by atoms with Crippen molar-refractivity contribution in [2.45, 2.75) is 25.5 Å². The lowest BCUT2D eigenvalue weighted by atomic mass is 10.2. The molecule has 1 unspecified atom stereocenters. The van der Waals surface area contributed by atoms with Crippen LogP contribution in [0.3, 0.4) is 0 Å². The average molecular weight is 265 g/mol. The van der Waals surface area contributed by atoms with Gasteiger partial charge < -0.3 is 19.5 Å². The van der Waals surface area contributed by atoms with Crippen molar-refractivity contribution in [2.24, 2.45) is 0 Å². The molecule has 1 aromatic rings. The van der Waals surface area contributed by atoms with E-state index in [0.29, 0.717) is 25.9 Å². The van der Waals surface area contributed by atoms with Crippen LogP contribution in [0.4, 0.5) is 0 Å². The normalized spacial score (nSPS) is 18.7.